The topological polar surface area (TPSA) is 9.23 Å². The van der Waals surface area contributed by atoms with Crippen LogP contribution in [-0.2, 0) is 6.61 Å². The third-order valence-electron chi connectivity index (χ3n) is 2.77. The first kappa shape index (κ1) is 11.5. The van der Waals surface area contributed by atoms with Crippen LogP contribution in [0.3, 0.4) is 0 Å². The molecule has 0 atom stereocenters. The highest BCUT2D eigenvalue weighted by Crippen LogP contribution is 2.16. The van der Waals surface area contributed by atoms with Crippen molar-refractivity contribution in [1.82, 2.24) is 0 Å². The van der Waals surface area contributed by atoms with Gasteiger partial charge in [-0.1, -0.05) is 49.1 Å². The average Bonchev–Trinajstić information content (AvgIpc) is 2.38. The van der Waals surface area contributed by atoms with Gasteiger partial charge < -0.3 is 4.74 Å². The number of hydrogen-bond acceptors (Lipinski definition) is 1. The number of ether oxygens (including phenoxy) is 1. The van der Waals surface area contributed by atoms with E-state index in [1.165, 1.54) is 11.1 Å². The van der Waals surface area contributed by atoms with Crippen molar-refractivity contribution in [2.75, 3.05) is 0 Å². The van der Waals surface area contributed by atoms with Crippen molar-refractivity contribution in [2.24, 2.45) is 0 Å². The van der Waals surface area contributed by atoms with Gasteiger partial charge in [0.05, 0.1) is 0 Å². The fraction of sp³-hybridized carbons (Fsp3) is 0.125. The molecule has 2 aromatic rings. The minimum atomic E-state index is 0.611. The summed E-state index contributed by atoms with van der Waals surface area (Å²) in [6.07, 6.45) is 1.82. The van der Waals surface area contributed by atoms with E-state index in [4.69, 9.17) is 4.74 Å². The molecule has 2 rings (SSSR count). The molecule has 0 fully saturated rings. The van der Waals surface area contributed by atoms with Crippen LogP contribution < -0.4 is 4.74 Å². The maximum atomic E-state index is 5.74. The lowest BCUT2D eigenvalue weighted by atomic mass is 10.1. The quantitative estimate of drug-likeness (QED) is 0.755. The summed E-state index contributed by atoms with van der Waals surface area (Å²) < 4.78 is 5.74. The van der Waals surface area contributed by atoms with E-state index in [0.717, 1.165) is 11.3 Å². The van der Waals surface area contributed by atoms with E-state index in [0.29, 0.717) is 6.61 Å². The lowest BCUT2D eigenvalue weighted by Gasteiger charge is -2.08. The molecular formula is C16H16O. The van der Waals surface area contributed by atoms with Gasteiger partial charge in [-0.2, -0.15) is 0 Å². The SMILES string of the molecule is C=Cc1ccc(OCc2ccccc2C)cc1. The first-order chi connectivity index (χ1) is 8.29. The Morgan fingerprint density at radius 1 is 1.06 bits per heavy atom. The molecular weight excluding hydrogens is 208 g/mol. The second kappa shape index (κ2) is 5.35. The van der Waals surface area contributed by atoms with E-state index in [2.05, 4.69) is 25.6 Å². The summed E-state index contributed by atoms with van der Waals surface area (Å²) in [6, 6.07) is 16.2. The Bertz CT molecular complexity index is 497. The molecule has 17 heavy (non-hydrogen) atoms. The normalized spacial score (nSPS) is 9.94. The van der Waals surface area contributed by atoms with Crippen molar-refractivity contribution < 1.29 is 4.74 Å². The minimum Gasteiger partial charge on any atom is -0.489 e. The second-order valence-electron chi connectivity index (χ2n) is 3.99. The van der Waals surface area contributed by atoms with Crippen molar-refractivity contribution >= 4 is 6.08 Å². The second-order valence-corrected chi connectivity index (χ2v) is 3.99. The standard InChI is InChI=1S/C16H16O/c1-3-14-8-10-16(11-9-14)17-12-15-7-5-4-6-13(15)2/h3-11H,1,12H2,2H3. The third-order valence-corrected chi connectivity index (χ3v) is 2.77. The van der Waals surface area contributed by atoms with Gasteiger partial charge in [-0.15, -0.1) is 0 Å². The van der Waals surface area contributed by atoms with Gasteiger partial charge in [0.2, 0.25) is 0 Å². The van der Waals surface area contributed by atoms with Crippen molar-refractivity contribution in [1.29, 1.82) is 0 Å². The van der Waals surface area contributed by atoms with Crippen LogP contribution >= 0.6 is 0 Å². The first-order valence-electron chi connectivity index (χ1n) is 5.69. The predicted molar refractivity (Wildman–Crippen MR) is 72.0 cm³/mol. The van der Waals surface area contributed by atoms with Gasteiger partial charge in [0.25, 0.3) is 0 Å². The number of hydrogen-bond donors (Lipinski definition) is 0. The van der Waals surface area contributed by atoms with E-state index in [1.54, 1.807) is 0 Å². The van der Waals surface area contributed by atoms with Crippen molar-refractivity contribution in [3.05, 3.63) is 71.8 Å². The zero-order valence-electron chi connectivity index (χ0n) is 10.0. The van der Waals surface area contributed by atoms with Crippen LogP contribution in [0.25, 0.3) is 6.08 Å². The molecule has 0 amide bonds. The largest absolute Gasteiger partial charge is 0.489 e. The number of aryl methyl sites for hydroxylation is 1. The Balaban J connectivity index is 2.02. The molecule has 0 bridgehead atoms. The summed E-state index contributed by atoms with van der Waals surface area (Å²) in [7, 11) is 0. The molecule has 0 aliphatic heterocycles. The van der Waals surface area contributed by atoms with Gasteiger partial charge in [0.1, 0.15) is 12.4 Å². The third kappa shape index (κ3) is 2.97. The Morgan fingerprint density at radius 2 is 1.76 bits per heavy atom. The van der Waals surface area contributed by atoms with E-state index in [1.807, 2.05) is 42.5 Å². The summed E-state index contributed by atoms with van der Waals surface area (Å²) in [6.45, 7) is 6.43. The summed E-state index contributed by atoms with van der Waals surface area (Å²) in [4.78, 5) is 0. The lowest BCUT2D eigenvalue weighted by Crippen LogP contribution is -1.97. The molecule has 0 aliphatic rings. The van der Waals surface area contributed by atoms with E-state index < -0.39 is 0 Å². The Kier molecular flexibility index (Phi) is 3.61. The molecule has 86 valence electrons. The highest BCUT2D eigenvalue weighted by Gasteiger charge is 1.98. The smallest absolute Gasteiger partial charge is 0.119 e. The highest BCUT2D eigenvalue weighted by molar-refractivity contribution is 5.48. The van der Waals surface area contributed by atoms with Crippen molar-refractivity contribution in [3.63, 3.8) is 0 Å². The summed E-state index contributed by atoms with van der Waals surface area (Å²) >= 11 is 0. The summed E-state index contributed by atoms with van der Waals surface area (Å²) in [5.41, 5.74) is 3.59. The molecule has 0 saturated carbocycles. The number of benzene rings is 2. The lowest BCUT2D eigenvalue weighted by molar-refractivity contribution is 0.305. The maximum absolute atomic E-state index is 5.74. The monoisotopic (exact) mass is 224 g/mol. The van der Waals surface area contributed by atoms with Crippen LogP contribution in [-0.4, -0.2) is 0 Å². The summed E-state index contributed by atoms with van der Waals surface area (Å²) in [5.74, 6) is 0.888. The van der Waals surface area contributed by atoms with Crippen molar-refractivity contribution in [3.8, 4) is 5.75 Å². The van der Waals surface area contributed by atoms with E-state index >= 15 is 0 Å². The van der Waals surface area contributed by atoms with Crippen LogP contribution in [0.15, 0.2) is 55.1 Å². The van der Waals surface area contributed by atoms with Gasteiger partial charge in [-0.05, 0) is 35.7 Å². The summed E-state index contributed by atoms with van der Waals surface area (Å²) in [5, 5.41) is 0. The van der Waals surface area contributed by atoms with Crippen molar-refractivity contribution in [2.45, 2.75) is 13.5 Å². The fourth-order valence-electron chi connectivity index (χ4n) is 1.63. The molecule has 0 saturated heterocycles. The molecule has 1 heteroatoms. The molecule has 0 aliphatic carbocycles. The Morgan fingerprint density at radius 3 is 2.41 bits per heavy atom. The Hall–Kier alpha value is -2.02. The molecule has 0 heterocycles. The number of rotatable bonds is 4. The Labute approximate surface area is 102 Å². The zero-order valence-corrected chi connectivity index (χ0v) is 10.0. The molecule has 0 unspecified atom stereocenters. The van der Waals surface area contributed by atoms with Gasteiger partial charge in [0, 0.05) is 0 Å². The highest BCUT2D eigenvalue weighted by atomic mass is 16.5. The van der Waals surface area contributed by atoms with Crippen LogP contribution in [0.4, 0.5) is 0 Å². The maximum Gasteiger partial charge on any atom is 0.119 e. The van der Waals surface area contributed by atoms with Gasteiger partial charge in [-0.3, -0.25) is 0 Å². The van der Waals surface area contributed by atoms with E-state index in [-0.39, 0.29) is 0 Å². The zero-order chi connectivity index (χ0) is 12.1. The van der Waals surface area contributed by atoms with E-state index in [9.17, 15) is 0 Å². The van der Waals surface area contributed by atoms with Crippen LogP contribution in [0.2, 0.25) is 0 Å². The predicted octanol–water partition coefficient (Wildman–Crippen LogP) is 4.22. The van der Waals surface area contributed by atoms with Crippen LogP contribution in [0.5, 0.6) is 5.75 Å². The molecule has 0 spiro atoms. The molecule has 0 radical (unpaired) electrons. The van der Waals surface area contributed by atoms with Gasteiger partial charge in [0.15, 0.2) is 0 Å². The average molecular weight is 224 g/mol. The first-order valence-corrected chi connectivity index (χ1v) is 5.69. The molecule has 2 aromatic carbocycles. The van der Waals surface area contributed by atoms with Gasteiger partial charge in [-0.25, -0.2) is 0 Å². The van der Waals surface area contributed by atoms with Crippen LogP contribution in [0.1, 0.15) is 16.7 Å². The molecule has 0 aromatic heterocycles. The van der Waals surface area contributed by atoms with Gasteiger partial charge >= 0.3 is 0 Å². The fourth-order valence-corrected chi connectivity index (χ4v) is 1.63. The molecule has 0 N–H and O–H groups in total. The minimum absolute atomic E-state index is 0.611. The molecule has 1 nitrogen and oxygen atoms in total. The van der Waals surface area contributed by atoms with Crippen LogP contribution in [0, 0.1) is 6.92 Å².